The van der Waals surface area contributed by atoms with E-state index in [0.29, 0.717) is 32.0 Å². The molecular formula is C13H12F3N3O2. The number of morpholine rings is 1. The predicted molar refractivity (Wildman–Crippen MR) is 68.9 cm³/mol. The Morgan fingerprint density at radius 1 is 1.33 bits per heavy atom. The van der Waals surface area contributed by atoms with Crippen LogP contribution in [0.2, 0.25) is 0 Å². The first kappa shape index (κ1) is 15.1. The lowest BCUT2D eigenvalue weighted by molar-refractivity contribution is -0.167. The fraction of sp³-hybridized carbons (Fsp3) is 0.385. The first-order valence-electron chi connectivity index (χ1n) is 6.17. The number of carbonyl (C=O) groups excluding carboxylic acids is 1. The molecule has 1 saturated heterocycles. The molecule has 0 radical (unpaired) electrons. The fourth-order valence-corrected chi connectivity index (χ4v) is 1.99. The number of carbonyl (C=O) groups is 1. The molecule has 5 nitrogen and oxygen atoms in total. The summed E-state index contributed by atoms with van der Waals surface area (Å²) in [5.41, 5.74) is 0.758. The molecule has 1 amide bonds. The summed E-state index contributed by atoms with van der Waals surface area (Å²) in [7, 11) is 0. The van der Waals surface area contributed by atoms with Crippen LogP contribution in [0.5, 0.6) is 0 Å². The number of ether oxygens (including phenoxy) is 1. The normalized spacial score (nSPS) is 15.4. The van der Waals surface area contributed by atoms with Crippen LogP contribution in [-0.2, 0) is 9.53 Å². The first-order valence-corrected chi connectivity index (χ1v) is 6.17. The second kappa shape index (κ2) is 6.01. The molecule has 1 N–H and O–H groups in total. The third-order valence-corrected chi connectivity index (χ3v) is 2.98. The van der Waals surface area contributed by atoms with Gasteiger partial charge >= 0.3 is 12.1 Å². The molecule has 0 spiro atoms. The zero-order chi connectivity index (χ0) is 15.5. The molecule has 21 heavy (non-hydrogen) atoms. The number of hydrogen-bond acceptors (Lipinski definition) is 4. The van der Waals surface area contributed by atoms with Gasteiger partial charge in [-0.25, -0.2) is 0 Å². The summed E-state index contributed by atoms with van der Waals surface area (Å²) in [6.45, 7) is 2.25. The monoisotopic (exact) mass is 299 g/mol. The van der Waals surface area contributed by atoms with Crippen molar-refractivity contribution in [1.29, 1.82) is 5.26 Å². The van der Waals surface area contributed by atoms with Crippen molar-refractivity contribution in [2.75, 3.05) is 36.5 Å². The van der Waals surface area contributed by atoms with E-state index in [4.69, 9.17) is 10.00 Å². The molecule has 1 heterocycles. The van der Waals surface area contributed by atoms with Gasteiger partial charge in [-0.3, -0.25) is 4.79 Å². The lowest BCUT2D eigenvalue weighted by Gasteiger charge is -2.29. The van der Waals surface area contributed by atoms with Gasteiger partial charge in [0.05, 0.1) is 24.5 Å². The van der Waals surface area contributed by atoms with Crippen molar-refractivity contribution in [3.05, 3.63) is 23.8 Å². The molecule has 1 aliphatic heterocycles. The fourth-order valence-electron chi connectivity index (χ4n) is 1.99. The number of halogens is 3. The van der Waals surface area contributed by atoms with Crippen molar-refractivity contribution in [3.63, 3.8) is 0 Å². The number of nitriles is 1. The van der Waals surface area contributed by atoms with Gasteiger partial charge in [-0.1, -0.05) is 0 Å². The minimum Gasteiger partial charge on any atom is -0.378 e. The van der Waals surface area contributed by atoms with E-state index in [1.807, 2.05) is 11.0 Å². The Morgan fingerprint density at radius 3 is 2.57 bits per heavy atom. The number of amides is 1. The maximum Gasteiger partial charge on any atom is 0.471 e. The smallest absolute Gasteiger partial charge is 0.378 e. The summed E-state index contributed by atoms with van der Waals surface area (Å²) in [6, 6.07) is 6.03. The maximum absolute atomic E-state index is 12.2. The molecule has 1 aromatic rings. The van der Waals surface area contributed by atoms with Gasteiger partial charge in [0.15, 0.2) is 0 Å². The molecule has 0 atom stereocenters. The van der Waals surface area contributed by atoms with Crippen molar-refractivity contribution in [2.24, 2.45) is 0 Å². The van der Waals surface area contributed by atoms with Gasteiger partial charge in [0.2, 0.25) is 0 Å². The summed E-state index contributed by atoms with van der Waals surface area (Å²) < 4.78 is 41.8. The lowest BCUT2D eigenvalue weighted by atomic mass is 10.1. The highest BCUT2D eigenvalue weighted by Crippen LogP contribution is 2.26. The van der Waals surface area contributed by atoms with E-state index < -0.39 is 12.1 Å². The maximum atomic E-state index is 12.2. The molecule has 1 aliphatic rings. The topological polar surface area (TPSA) is 65.4 Å². The molecule has 0 unspecified atom stereocenters. The Balaban J connectivity index is 2.20. The minimum atomic E-state index is -4.96. The Morgan fingerprint density at radius 2 is 2.00 bits per heavy atom. The molecule has 8 heteroatoms. The molecule has 1 aromatic carbocycles. The molecule has 1 fully saturated rings. The molecular weight excluding hydrogens is 287 g/mol. The average Bonchev–Trinajstić information content (AvgIpc) is 2.47. The zero-order valence-corrected chi connectivity index (χ0v) is 10.9. The Kier molecular flexibility index (Phi) is 4.33. The number of alkyl halides is 3. The van der Waals surface area contributed by atoms with E-state index in [1.165, 1.54) is 18.2 Å². The molecule has 0 saturated carbocycles. The van der Waals surface area contributed by atoms with Crippen molar-refractivity contribution < 1.29 is 22.7 Å². The standard InChI is InChI=1S/C13H12F3N3O2/c14-13(15,16)12(20)18-10-1-2-11(9(7-10)8-17)19-3-5-21-6-4-19/h1-2,7H,3-6H2,(H,18,20). The minimum absolute atomic E-state index is 0.0640. The van der Waals surface area contributed by atoms with E-state index in [-0.39, 0.29) is 11.3 Å². The van der Waals surface area contributed by atoms with Gasteiger partial charge in [0, 0.05) is 18.8 Å². The van der Waals surface area contributed by atoms with E-state index in [9.17, 15) is 18.0 Å². The summed E-state index contributed by atoms with van der Waals surface area (Å²) in [6.07, 6.45) is -4.96. The van der Waals surface area contributed by atoms with Crippen molar-refractivity contribution in [2.45, 2.75) is 6.18 Å². The van der Waals surface area contributed by atoms with Crippen LogP contribution in [0.25, 0.3) is 0 Å². The van der Waals surface area contributed by atoms with Gasteiger partial charge in [-0.15, -0.1) is 0 Å². The van der Waals surface area contributed by atoms with Gasteiger partial charge in [0.1, 0.15) is 6.07 Å². The van der Waals surface area contributed by atoms with Gasteiger partial charge in [0.25, 0.3) is 0 Å². The van der Waals surface area contributed by atoms with Crippen molar-refractivity contribution in [1.82, 2.24) is 0 Å². The molecule has 112 valence electrons. The summed E-state index contributed by atoms with van der Waals surface area (Å²) in [5.74, 6) is -2.06. The van der Waals surface area contributed by atoms with Crippen LogP contribution in [0.4, 0.5) is 24.5 Å². The summed E-state index contributed by atoms with van der Waals surface area (Å²) in [4.78, 5) is 12.8. The van der Waals surface area contributed by atoms with Gasteiger partial charge in [-0.05, 0) is 18.2 Å². The highest BCUT2D eigenvalue weighted by atomic mass is 19.4. The van der Waals surface area contributed by atoms with E-state index >= 15 is 0 Å². The third-order valence-electron chi connectivity index (χ3n) is 2.98. The highest BCUT2D eigenvalue weighted by molar-refractivity contribution is 5.95. The Hall–Kier alpha value is -2.27. The lowest BCUT2D eigenvalue weighted by Crippen LogP contribution is -2.36. The SMILES string of the molecule is N#Cc1cc(NC(=O)C(F)(F)F)ccc1N1CCOCC1. The average molecular weight is 299 g/mol. The van der Waals surface area contributed by atoms with Crippen LogP contribution in [0.15, 0.2) is 18.2 Å². The third kappa shape index (κ3) is 3.64. The largest absolute Gasteiger partial charge is 0.471 e. The zero-order valence-electron chi connectivity index (χ0n) is 10.9. The Bertz CT molecular complexity index is 575. The van der Waals surface area contributed by atoms with Crippen LogP contribution in [-0.4, -0.2) is 38.4 Å². The van der Waals surface area contributed by atoms with Gasteiger partial charge < -0.3 is 15.0 Å². The Labute approximate surface area is 118 Å². The molecule has 0 aliphatic carbocycles. The van der Waals surface area contributed by atoms with Crippen molar-refractivity contribution >= 4 is 17.3 Å². The van der Waals surface area contributed by atoms with E-state index in [2.05, 4.69) is 0 Å². The van der Waals surface area contributed by atoms with Crippen LogP contribution in [0.3, 0.4) is 0 Å². The number of rotatable bonds is 2. The summed E-state index contributed by atoms with van der Waals surface area (Å²) in [5, 5.41) is 10.9. The molecule has 0 aromatic heterocycles. The number of nitrogens with one attached hydrogen (secondary N) is 1. The first-order chi connectivity index (χ1) is 9.91. The number of anilines is 2. The number of benzene rings is 1. The van der Waals surface area contributed by atoms with Crippen LogP contribution < -0.4 is 10.2 Å². The second-order valence-electron chi connectivity index (χ2n) is 4.40. The highest BCUT2D eigenvalue weighted by Gasteiger charge is 2.38. The van der Waals surface area contributed by atoms with Crippen molar-refractivity contribution in [3.8, 4) is 6.07 Å². The van der Waals surface area contributed by atoms with Crippen LogP contribution >= 0.6 is 0 Å². The second-order valence-corrected chi connectivity index (χ2v) is 4.40. The number of nitrogens with zero attached hydrogens (tertiary/aromatic N) is 2. The van der Waals surface area contributed by atoms with E-state index in [0.717, 1.165) is 0 Å². The molecule has 0 bridgehead atoms. The van der Waals surface area contributed by atoms with Crippen LogP contribution in [0.1, 0.15) is 5.56 Å². The number of hydrogen-bond donors (Lipinski definition) is 1. The predicted octanol–water partition coefficient (Wildman–Crippen LogP) is 1.90. The quantitative estimate of drug-likeness (QED) is 0.906. The van der Waals surface area contributed by atoms with Crippen LogP contribution in [0, 0.1) is 11.3 Å². The van der Waals surface area contributed by atoms with Gasteiger partial charge in [-0.2, -0.15) is 18.4 Å². The van der Waals surface area contributed by atoms with E-state index in [1.54, 1.807) is 5.32 Å². The molecule has 2 rings (SSSR count). The summed E-state index contributed by atoms with van der Waals surface area (Å²) >= 11 is 0.